The van der Waals surface area contributed by atoms with E-state index in [1.165, 1.54) is 16.0 Å². The van der Waals surface area contributed by atoms with Crippen LogP contribution in [0.3, 0.4) is 0 Å². The molecule has 0 saturated heterocycles. The number of benzene rings is 1. The average molecular weight is 182 g/mol. The van der Waals surface area contributed by atoms with Gasteiger partial charge in [0.1, 0.15) is 0 Å². The molecule has 0 spiro atoms. The van der Waals surface area contributed by atoms with E-state index in [1.807, 2.05) is 13.8 Å². The van der Waals surface area contributed by atoms with Crippen LogP contribution in [0.15, 0.2) is 23.1 Å². The van der Waals surface area contributed by atoms with E-state index in [0.717, 1.165) is 0 Å². The van der Waals surface area contributed by atoms with Crippen LogP contribution >= 0.6 is 11.8 Å². The Labute approximate surface area is 80.4 Å². The predicted molar refractivity (Wildman–Crippen MR) is 59.0 cm³/mol. The van der Waals surface area contributed by atoms with E-state index in [1.54, 1.807) is 11.8 Å². The van der Waals surface area contributed by atoms with Gasteiger partial charge in [-0.3, -0.25) is 0 Å². The Morgan fingerprint density at radius 1 is 1.00 bits per heavy atom. The van der Waals surface area contributed by atoms with Crippen LogP contribution in [0.4, 0.5) is 0 Å². The van der Waals surface area contributed by atoms with Gasteiger partial charge in [0.15, 0.2) is 0 Å². The summed E-state index contributed by atoms with van der Waals surface area (Å²) in [6.07, 6.45) is 2.10. The molecule has 1 heteroatoms. The van der Waals surface area contributed by atoms with Crippen LogP contribution in [-0.4, -0.2) is 6.26 Å². The van der Waals surface area contributed by atoms with Gasteiger partial charge >= 0.3 is 0 Å². The lowest BCUT2D eigenvalue weighted by Gasteiger charge is -2.00. The maximum atomic E-state index is 2.22. The third-order valence-electron chi connectivity index (χ3n) is 1.71. The molecule has 0 aliphatic carbocycles. The number of aryl methyl sites for hydroxylation is 2. The zero-order valence-corrected chi connectivity index (χ0v) is 9.46. The van der Waals surface area contributed by atoms with Crippen molar-refractivity contribution in [2.45, 2.75) is 32.6 Å². The SMILES string of the molecule is CC.CSc1ccc(C)c(C)c1. The van der Waals surface area contributed by atoms with Crippen molar-refractivity contribution in [3.8, 4) is 0 Å². The quantitative estimate of drug-likeness (QED) is 0.590. The van der Waals surface area contributed by atoms with E-state index < -0.39 is 0 Å². The molecule has 0 atom stereocenters. The van der Waals surface area contributed by atoms with Crippen LogP contribution in [0.2, 0.25) is 0 Å². The molecule has 1 aromatic carbocycles. The highest BCUT2D eigenvalue weighted by molar-refractivity contribution is 7.98. The fourth-order valence-corrected chi connectivity index (χ4v) is 1.34. The van der Waals surface area contributed by atoms with Gasteiger partial charge in [-0.05, 0) is 43.4 Å². The number of hydrogen-bond donors (Lipinski definition) is 0. The molecule has 0 aliphatic rings. The first-order valence-corrected chi connectivity index (χ1v) is 5.58. The van der Waals surface area contributed by atoms with E-state index in [-0.39, 0.29) is 0 Å². The number of hydrogen-bond acceptors (Lipinski definition) is 1. The van der Waals surface area contributed by atoms with E-state index in [4.69, 9.17) is 0 Å². The lowest BCUT2D eigenvalue weighted by Crippen LogP contribution is -1.79. The van der Waals surface area contributed by atoms with Gasteiger partial charge < -0.3 is 0 Å². The Balaban J connectivity index is 0.000000561. The van der Waals surface area contributed by atoms with Gasteiger partial charge in [-0.1, -0.05) is 19.9 Å². The lowest BCUT2D eigenvalue weighted by atomic mass is 10.1. The molecule has 0 amide bonds. The summed E-state index contributed by atoms with van der Waals surface area (Å²) >= 11 is 1.79. The summed E-state index contributed by atoms with van der Waals surface area (Å²) in [6.45, 7) is 8.29. The summed E-state index contributed by atoms with van der Waals surface area (Å²) in [6, 6.07) is 6.55. The van der Waals surface area contributed by atoms with Crippen molar-refractivity contribution in [3.63, 3.8) is 0 Å². The second kappa shape index (κ2) is 6.13. The summed E-state index contributed by atoms with van der Waals surface area (Å²) in [5, 5.41) is 0. The van der Waals surface area contributed by atoms with Crippen LogP contribution < -0.4 is 0 Å². The van der Waals surface area contributed by atoms with E-state index in [0.29, 0.717) is 0 Å². The largest absolute Gasteiger partial charge is 0.130 e. The molecular formula is C11H18S. The zero-order chi connectivity index (χ0) is 9.56. The van der Waals surface area contributed by atoms with Gasteiger partial charge in [-0.15, -0.1) is 11.8 Å². The minimum atomic E-state index is 1.35. The Hall–Kier alpha value is -0.430. The highest BCUT2D eigenvalue weighted by atomic mass is 32.2. The molecule has 0 fully saturated rings. The maximum absolute atomic E-state index is 2.22. The van der Waals surface area contributed by atoms with Gasteiger partial charge in [-0.2, -0.15) is 0 Å². The van der Waals surface area contributed by atoms with Crippen molar-refractivity contribution >= 4 is 11.8 Å². The van der Waals surface area contributed by atoms with Gasteiger partial charge in [0.25, 0.3) is 0 Å². The van der Waals surface area contributed by atoms with Crippen molar-refractivity contribution in [1.29, 1.82) is 0 Å². The van der Waals surface area contributed by atoms with E-state index in [2.05, 4.69) is 38.3 Å². The topological polar surface area (TPSA) is 0 Å². The Bertz CT molecular complexity index is 228. The number of thioether (sulfide) groups is 1. The summed E-state index contributed by atoms with van der Waals surface area (Å²) < 4.78 is 0. The zero-order valence-electron chi connectivity index (χ0n) is 8.64. The van der Waals surface area contributed by atoms with Crippen LogP contribution in [0.1, 0.15) is 25.0 Å². The van der Waals surface area contributed by atoms with Gasteiger partial charge in [0.05, 0.1) is 0 Å². The van der Waals surface area contributed by atoms with Crippen LogP contribution in [0, 0.1) is 13.8 Å². The third kappa shape index (κ3) is 3.31. The molecule has 0 aromatic heterocycles. The first-order valence-electron chi connectivity index (χ1n) is 4.35. The minimum absolute atomic E-state index is 1.35. The molecular weight excluding hydrogens is 164 g/mol. The van der Waals surface area contributed by atoms with Crippen LogP contribution in [0.25, 0.3) is 0 Å². The highest BCUT2D eigenvalue weighted by Gasteiger charge is 1.92. The van der Waals surface area contributed by atoms with Crippen molar-refractivity contribution in [1.82, 2.24) is 0 Å². The van der Waals surface area contributed by atoms with Crippen molar-refractivity contribution in [3.05, 3.63) is 29.3 Å². The smallest absolute Gasteiger partial charge is 0.00719 e. The van der Waals surface area contributed by atoms with Gasteiger partial charge in [-0.25, -0.2) is 0 Å². The van der Waals surface area contributed by atoms with Gasteiger partial charge in [0, 0.05) is 4.90 Å². The van der Waals surface area contributed by atoms with Crippen molar-refractivity contribution < 1.29 is 0 Å². The molecule has 1 aromatic rings. The van der Waals surface area contributed by atoms with Crippen LogP contribution in [-0.2, 0) is 0 Å². The molecule has 0 radical (unpaired) electrons. The fraction of sp³-hybridized carbons (Fsp3) is 0.455. The predicted octanol–water partition coefficient (Wildman–Crippen LogP) is 4.05. The molecule has 0 unspecified atom stereocenters. The second-order valence-corrected chi connectivity index (χ2v) is 3.33. The molecule has 0 aliphatic heterocycles. The van der Waals surface area contributed by atoms with E-state index in [9.17, 15) is 0 Å². The monoisotopic (exact) mass is 182 g/mol. The Morgan fingerprint density at radius 3 is 2.00 bits per heavy atom. The fourth-order valence-electron chi connectivity index (χ4n) is 0.841. The molecule has 0 heterocycles. The molecule has 0 N–H and O–H groups in total. The highest BCUT2D eigenvalue weighted by Crippen LogP contribution is 2.17. The Kier molecular flexibility index (Phi) is 5.91. The normalized spacial score (nSPS) is 8.75. The molecule has 0 bridgehead atoms. The molecule has 0 nitrogen and oxygen atoms in total. The first kappa shape index (κ1) is 11.6. The van der Waals surface area contributed by atoms with Crippen molar-refractivity contribution in [2.24, 2.45) is 0 Å². The summed E-state index contributed by atoms with van der Waals surface area (Å²) in [7, 11) is 0. The molecule has 0 saturated carbocycles. The van der Waals surface area contributed by atoms with Gasteiger partial charge in [0.2, 0.25) is 0 Å². The summed E-state index contributed by atoms with van der Waals surface area (Å²) in [5.74, 6) is 0. The summed E-state index contributed by atoms with van der Waals surface area (Å²) in [4.78, 5) is 1.35. The standard InChI is InChI=1S/C9H12S.C2H6/c1-7-4-5-9(10-3)6-8(7)2;1-2/h4-6H,1-3H3;1-2H3. The lowest BCUT2D eigenvalue weighted by molar-refractivity contribution is 1.28. The third-order valence-corrected chi connectivity index (χ3v) is 2.44. The molecule has 12 heavy (non-hydrogen) atoms. The van der Waals surface area contributed by atoms with E-state index >= 15 is 0 Å². The van der Waals surface area contributed by atoms with Crippen LogP contribution in [0.5, 0.6) is 0 Å². The number of rotatable bonds is 1. The maximum Gasteiger partial charge on any atom is 0.00719 e. The minimum Gasteiger partial charge on any atom is -0.130 e. The molecule has 68 valence electrons. The average Bonchev–Trinajstić information content (AvgIpc) is 2.13. The second-order valence-electron chi connectivity index (χ2n) is 2.45. The first-order chi connectivity index (χ1) is 5.74. The summed E-state index contributed by atoms with van der Waals surface area (Å²) in [5.41, 5.74) is 2.75. The van der Waals surface area contributed by atoms with Crippen molar-refractivity contribution in [2.75, 3.05) is 6.26 Å². The Morgan fingerprint density at radius 2 is 1.58 bits per heavy atom. The molecule has 1 rings (SSSR count).